The van der Waals surface area contributed by atoms with E-state index < -0.39 is 0 Å². The van der Waals surface area contributed by atoms with Gasteiger partial charge in [0.1, 0.15) is 12.0 Å². The fraction of sp³-hybridized carbons (Fsp3) is 0.455. The van der Waals surface area contributed by atoms with Crippen LogP contribution < -0.4 is 5.32 Å². The average molecular weight is 258 g/mol. The number of rotatable bonds is 4. The highest BCUT2D eigenvalue weighted by Crippen LogP contribution is 2.06. The van der Waals surface area contributed by atoms with Gasteiger partial charge >= 0.3 is 0 Å². The van der Waals surface area contributed by atoms with E-state index in [1.54, 1.807) is 0 Å². The van der Waals surface area contributed by atoms with E-state index >= 15 is 0 Å². The van der Waals surface area contributed by atoms with Gasteiger partial charge in [-0.05, 0) is 26.2 Å². The number of amidine groups is 1. The lowest BCUT2D eigenvalue weighted by atomic mass is 10.4. The second-order valence-corrected chi connectivity index (χ2v) is 4.17. The Bertz CT molecular complexity index is 329. The predicted octanol–water partition coefficient (Wildman–Crippen LogP) is 2.49. The first kappa shape index (κ1) is 15.1. The Kier molecular flexibility index (Phi) is 8.78. The average Bonchev–Trinajstić information content (AvgIpc) is 2.25. The number of allylic oxidation sites excluding steroid dienone is 1. The largest absolute Gasteiger partial charge is 0.359 e. The summed E-state index contributed by atoms with van der Waals surface area (Å²) in [6.45, 7) is 4.21. The Labute approximate surface area is 106 Å². The molecular weight excluding hydrogens is 242 g/mol. The van der Waals surface area contributed by atoms with Gasteiger partial charge in [-0.2, -0.15) is 0 Å². The van der Waals surface area contributed by atoms with Crippen molar-refractivity contribution in [2.24, 2.45) is 9.98 Å². The molecule has 0 saturated carbocycles. The zero-order chi connectivity index (χ0) is 12.4. The maximum absolute atomic E-state index is 5.80. The maximum Gasteiger partial charge on any atom is 0.159 e. The van der Waals surface area contributed by atoms with Gasteiger partial charge in [0, 0.05) is 0 Å². The molecule has 0 aliphatic rings. The summed E-state index contributed by atoms with van der Waals surface area (Å²) < 4.78 is 0.494. The minimum Gasteiger partial charge on any atom is -0.359 e. The van der Waals surface area contributed by atoms with Crippen LogP contribution in [0.1, 0.15) is 13.8 Å². The van der Waals surface area contributed by atoms with Crippen LogP contribution in [0.3, 0.4) is 0 Å². The number of thioether (sulfide) groups is 1. The molecule has 1 N–H and O–H groups in total. The molecule has 0 aliphatic heterocycles. The van der Waals surface area contributed by atoms with Crippen LogP contribution in [0, 0.1) is 12.3 Å². The van der Waals surface area contributed by atoms with Crippen LogP contribution in [-0.4, -0.2) is 29.3 Å². The number of hydrogen-bond donors (Lipinski definition) is 1. The lowest BCUT2D eigenvalue weighted by molar-refractivity contribution is 0.791. The molecule has 5 heteroatoms. The molecule has 0 aliphatic carbocycles. The third kappa shape index (κ3) is 7.38. The highest BCUT2D eigenvalue weighted by molar-refractivity contribution is 8.16. The van der Waals surface area contributed by atoms with Crippen LogP contribution in [-0.2, 0) is 0 Å². The van der Waals surface area contributed by atoms with Crippen LogP contribution in [0.25, 0.3) is 0 Å². The standard InChI is InChI=1S/C11H16ClN3S/c1-5-7-10(13-8-6-2)14-9(3)15-11(12)16-4/h2,5,7,9H,8H2,1,3-4H3,(H,13,14)/b7-5-,15-11-. The van der Waals surface area contributed by atoms with Crippen molar-refractivity contribution in [3.8, 4) is 12.3 Å². The summed E-state index contributed by atoms with van der Waals surface area (Å²) in [5.41, 5.74) is 0. The zero-order valence-corrected chi connectivity index (χ0v) is 11.3. The summed E-state index contributed by atoms with van der Waals surface area (Å²) in [4.78, 5) is 8.49. The summed E-state index contributed by atoms with van der Waals surface area (Å²) in [5.74, 6) is 3.20. The van der Waals surface area contributed by atoms with Crippen molar-refractivity contribution >= 4 is 33.7 Å². The van der Waals surface area contributed by atoms with Crippen LogP contribution in [0.15, 0.2) is 22.1 Å². The van der Waals surface area contributed by atoms with E-state index in [0.717, 1.165) is 0 Å². The SMILES string of the molecule is C#CCNC(/C=C\C)=N/C(C)/N=C(/Cl)SC. The highest BCUT2D eigenvalue weighted by Gasteiger charge is 1.99. The highest BCUT2D eigenvalue weighted by atomic mass is 35.5. The van der Waals surface area contributed by atoms with E-state index in [1.165, 1.54) is 11.8 Å². The van der Waals surface area contributed by atoms with Crippen LogP contribution in [0.2, 0.25) is 0 Å². The molecule has 0 aromatic heterocycles. The molecule has 1 unspecified atom stereocenters. The summed E-state index contributed by atoms with van der Waals surface area (Å²) in [6, 6.07) is 0. The van der Waals surface area contributed by atoms with E-state index in [9.17, 15) is 0 Å². The molecule has 0 bridgehead atoms. The van der Waals surface area contributed by atoms with Crippen molar-refractivity contribution in [2.45, 2.75) is 20.0 Å². The van der Waals surface area contributed by atoms with Crippen molar-refractivity contribution in [3.05, 3.63) is 12.2 Å². The number of nitrogens with zero attached hydrogens (tertiary/aromatic N) is 2. The maximum atomic E-state index is 5.80. The third-order valence-corrected chi connectivity index (χ3v) is 2.48. The summed E-state index contributed by atoms with van der Waals surface area (Å²) in [6.07, 6.45) is 10.5. The number of halogens is 1. The molecule has 0 aromatic rings. The number of hydrogen-bond acceptors (Lipinski definition) is 3. The molecule has 3 nitrogen and oxygen atoms in total. The number of aliphatic imine (C=N–C) groups is 2. The molecule has 0 rings (SSSR count). The minimum atomic E-state index is -0.226. The number of terminal acetylenes is 1. The molecule has 0 aromatic carbocycles. The Balaban J connectivity index is 4.59. The van der Waals surface area contributed by atoms with E-state index in [2.05, 4.69) is 21.2 Å². The minimum absolute atomic E-state index is 0.226. The molecule has 16 heavy (non-hydrogen) atoms. The van der Waals surface area contributed by atoms with Gasteiger partial charge in [-0.25, -0.2) is 9.98 Å². The molecular formula is C11H16ClN3S. The van der Waals surface area contributed by atoms with Crippen molar-refractivity contribution < 1.29 is 0 Å². The Morgan fingerprint density at radius 3 is 2.81 bits per heavy atom. The van der Waals surface area contributed by atoms with Crippen molar-refractivity contribution in [2.75, 3.05) is 12.8 Å². The molecule has 0 spiro atoms. The van der Waals surface area contributed by atoms with Crippen molar-refractivity contribution in [1.82, 2.24) is 5.32 Å². The van der Waals surface area contributed by atoms with Gasteiger partial charge in [-0.15, -0.1) is 6.42 Å². The summed E-state index contributed by atoms with van der Waals surface area (Å²) in [7, 11) is 0. The molecule has 0 heterocycles. The van der Waals surface area contributed by atoms with Gasteiger partial charge in [0.05, 0.1) is 6.54 Å². The van der Waals surface area contributed by atoms with E-state index in [-0.39, 0.29) is 6.17 Å². The lowest BCUT2D eigenvalue weighted by Crippen LogP contribution is -2.23. The molecule has 1 atom stereocenters. The van der Waals surface area contributed by atoms with Gasteiger partial charge in [0.2, 0.25) is 0 Å². The quantitative estimate of drug-likeness (QED) is 0.477. The predicted molar refractivity (Wildman–Crippen MR) is 75.3 cm³/mol. The molecule has 88 valence electrons. The fourth-order valence-electron chi connectivity index (χ4n) is 0.877. The number of nitrogens with one attached hydrogen (secondary N) is 1. The van der Waals surface area contributed by atoms with Gasteiger partial charge in [0.15, 0.2) is 4.50 Å². The van der Waals surface area contributed by atoms with Crippen molar-refractivity contribution in [1.29, 1.82) is 0 Å². The smallest absolute Gasteiger partial charge is 0.159 e. The molecule has 0 amide bonds. The second kappa shape index (κ2) is 9.32. The first-order valence-electron chi connectivity index (χ1n) is 4.79. The van der Waals surface area contributed by atoms with Crippen LogP contribution >= 0.6 is 23.4 Å². The van der Waals surface area contributed by atoms with Gasteiger partial charge in [0.25, 0.3) is 0 Å². The van der Waals surface area contributed by atoms with E-state index in [4.69, 9.17) is 18.0 Å². The molecule has 0 fully saturated rings. The fourth-order valence-corrected chi connectivity index (χ4v) is 1.28. The second-order valence-electron chi connectivity index (χ2n) is 2.79. The Hall–Kier alpha value is -0.920. The first-order chi connectivity index (χ1) is 7.63. The molecule has 0 radical (unpaired) electrons. The molecule has 0 saturated heterocycles. The Morgan fingerprint density at radius 2 is 2.31 bits per heavy atom. The summed E-state index contributed by atoms with van der Waals surface area (Å²) in [5, 5.41) is 3.00. The summed E-state index contributed by atoms with van der Waals surface area (Å²) >= 11 is 7.18. The third-order valence-electron chi connectivity index (χ3n) is 1.48. The van der Waals surface area contributed by atoms with Gasteiger partial charge in [-0.1, -0.05) is 35.4 Å². The van der Waals surface area contributed by atoms with Crippen LogP contribution in [0.4, 0.5) is 0 Å². The van der Waals surface area contributed by atoms with Gasteiger partial charge in [-0.3, -0.25) is 0 Å². The van der Waals surface area contributed by atoms with E-state index in [1.807, 2.05) is 32.3 Å². The monoisotopic (exact) mass is 257 g/mol. The lowest BCUT2D eigenvalue weighted by Gasteiger charge is -2.06. The normalized spacial score (nSPS) is 14.9. The van der Waals surface area contributed by atoms with Crippen LogP contribution in [0.5, 0.6) is 0 Å². The Morgan fingerprint density at radius 1 is 1.62 bits per heavy atom. The van der Waals surface area contributed by atoms with E-state index in [0.29, 0.717) is 16.9 Å². The van der Waals surface area contributed by atoms with Gasteiger partial charge < -0.3 is 5.32 Å². The first-order valence-corrected chi connectivity index (χ1v) is 6.39. The zero-order valence-electron chi connectivity index (χ0n) is 9.70. The topological polar surface area (TPSA) is 36.8 Å². The van der Waals surface area contributed by atoms with Crippen molar-refractivity contribution in [3.63, 3.8) is 0 Å².